The number of carboxylic acid groups (broad SMARTS) is 1. The Labute approximate surface area is 187 Å². The minimum absolute atomic E-state index is 0.327. The van der Waals surface area contributed by atoms with Gasteiger partial charge in [0.2, 0.25) is 0 Å². The first-order chi connectivity index (χ1) is 14.4. The largest absolute Gasteiger partial charge is 0.480 e. The molecular weight excluding hydrogens is 424 g/mol. The van der Waals surface area contributed by atoms with E-state index in [1.165, 1.54) is 7.11 Å². The quantitative estimate of drug-likeness (QED) is 0.308. The Hall–Kier alpha value is -2.85. The monoisotopic (exact) mass is 458 g/mol. The third kappa shape index (κ3) is 9.11. The number of ether oxygens (including phenoxy) is 3. The van der Waals surface area contributed by atoms with Crippen LogP contribution in [0.25, 0.3) is 0 Å². The van der Waals surface area contributed by atoms with Gasteiger partial charge in [-0.3, -0.25) is 9.59 Å². The van der Waals surface area contributed by atoms with Gasteiger partial charge in [-0.2, -0.15) is 0 Å². The van der Waals surface area contributed by atoms with Crippen molar-refractivity contribution >= 4 is 29.9 Å². The Kier molecular flexibility index (Phi) is 8.28. The molecule has 0 saturated heterocycles. The van der Waals surface area contributed by atoms with Crippen LogP contribution in [-0.4, -0.2) is 64.4 Å². The number of alkyl carbamates (subject to hydrolysis) is 2. The van der Waals surface area contributed by atoms with E-state index in [1.54, 1.807) is 41.5 Å². The van der Waals surface area contributed by atoms with Gasteiger partial charge >= 0.3 is 24.1 Å². The molecule has 2 saturated carbocycles. The average Bonchev–Trinajstić information content (AvgIpc) is 3.49. The molecule has 2 aliphatic rings. The number of carboxylic acids is 1. The number of Topliss-reactive ketones (excluding diaryl/α,β-unsaturated/α-hetero) is 1. The standard InChI is InChI=1S/C12H19NO5.C9H15NO4/c1-11(2,3)18-10(16)13-12(5-6-12)8(14)7-9(15)17-4;1-8(2,3)14-7(13)10-9(4-5-9)6(11)12/h5-7H2,1-4H3,(H,13,16);4-5H2,1-3H3,(H,10,13)(H,11,12). The molecule has 11 heteroatoms. The lowest BCUT2D eigenvalue weighted by atomic mass is 10.1. The zero-order valence-electron chi connectivity index (χ0n) is 19.7. The smallest absolute Gasteiger partial charge is 0.408 e. The van der Waals surface area contributed by atoms with E-state index < -0.39 is 46.4 Å². The van der Waals surface area contributed by atoms with Gasteiger partial charge in [-0.05, 0) is 67.2 Å². The Balaban J connectivity index is 0.000000330. The van der Waals surface area contributed by atoms with Crippen LogP contribution in [0.5, 0.6) is 0 Å². The Morgan fingerprint density at radius 2 is 1.16 bits per heavy atom. The van der Waals surface area contributed by atoms with Crippen molar-refractivity contribution in [2.24, 2.45) is 0 Å². The van der Waals surface area contributed by atoms with Crippen molar-refractivity contribution in [1.82, 2.24) is 10.6 Å². The Morgan fingerprint density at radius 1 is 0.781 bits per heavy atom. The highest BCUT2D eigenvalue weighted by Crippen LogP contribution is 2.37. The topological polar surface area (TPSA) is 157 Å². The fourth-order valence-corrected chi connectivity index (χ4v) is 2.49. The van der Waals surface area contributed by atoms with Crippen LogP contribution >= 0.6 is 0 Å². The van der Waals surface area contributed by atoms with E-state index in [9.17, 15) is 24.0 Å². The molecule has 0 spiro atoms. The maximum atomic E-state index is 11.8. The molecule has 0 bridgehead atoms. The van der Waals surface area contributed by atoms with E-state index in [2.05, 4.69) is 15.4 Å². The number of carbonyl (C=O) groups is 5. The lowest BCUT2D eigenvalue weighted by molar-refractivity contribution is -0.144. The molecular formula is C21H34N2O9. The zero-order valence-corrected chi connectivity index (χ0v) is 19.7. The second-order valence-corrected chi connectivity index (χ2v) is 9.90. The summed E-state index contributed by atoms with van der Waals surface area (Å²) in [4.78, 5) is 56.4. The highest BCUT2D eigenvalue weighted by molar-refractivity contribution is 6.04. The zero-order chi connectivity index (χ0) is 25.0. The second-order valence-electron chi connectivity index (χ2n) is 9.90. The Bertz CT molecular complexity index is 754. The second kappa shape index (κ2) is 9.74. The molecule has 3 N–H and O–H groups in total. The average molecular weight is 459 g/mol. The van der Waals surface area contributed by atoms with Gasteiger partial charge in [0.05, 0.1) is 7.11 Å². The molecule has 32 heavy (non-hydrogen) atoms. The minimum Gasteiger partial charge on any atom is -0.480 e. The molecule has 11 nitrogen and oxygen atoms in total. The van der Waals surface area contributed by atoms with Gasteiger partial charge in [-0.1, -0.05) is 0 Å². The number of amides is 2. The molecule has 2 aliphatic carbocycles. The van der Waals surface area contributed by atoms with Crippen molar-refractivity contribution in [3.63, 3.8) is 0 Å². The van der Waals surface area contributed by atoms with E-state index in [0.29, 0.717) is 25.7 Å². The number of nitrogens with one attached hydrogen (secondary N) is 2. The number of hydrogen-bond acceptors (Lipinski definition) is 8. The van der Waals surface area contributed by atoms with Crippen molar-refractivity contribution in [2.45, 2.75) is 95.9 Å². The van der Waals surface area contributed by atoms with Crippen molar-refractivity contribution in [1.29, 1.82) is 0 Å². The van der Waals surface area contributed by atoms with Crippen LogP contribution in [-0.2, 0) is 28.6 Å². The third-order valence-corrected chi connectivity index (χ3v) is 4.46. The van der Waals surface area contributed by atoms with Crippen LogP contribution in [0.2, 0.25) is 0 Å². The number of rotatable bonds is 6. The van der Waals surface area contributed by atoms with Crippen molar-refractivity contribution in [3.8, 4) is 0 Å². The van der Waals surface area contributed by atoms with Gasteiger partial charge < -0.3 is 30.0 Å². The maximum Gasteiger partial charge on any atom is 0.408 e. The van der Waals surface area contributed by atoms with Gasteiger partial charge in [0.15, 0.2) is 5.78 Å². The van der Waals surface area contributed by atoms with Crippen LogP contribution < -0.4 is 10.6 Å². The summed E-state index contributed by atoms with van der Waals surface area (Å²) in [5.41, 5.74) is -3.22. The van der Waals surface area contributed by atoms with Crippen LogP contribution in [0.3, 0.4) is 0 Å². The molecule has 0 aromatic heterocycles. The molecule has 0 radical (unpaired) electrons. The summed E-state index contributed by atoms with van der Waals surface area (Å²) in [6, 6.07) is 0. The van der Waals surface area contributed by atoms with E-state index >= 15 is 0 Å². The molecule has 0 aromatic carbocycles. The van der Waals surface area contributed by atoms with Gasteiger partial charge in [-0.15, -0.1) is 0 Å². The fourth-order valence-electron chi connectivity index (χ4n) is 2.49. The number of methoxy groups -OCH3 is 1. The molecule has 2 amide bonds. The molecule has 182 valence electrons. The fraction of sp³-hybridized carbons (Fsp3) is 0.762. The van der Waals surface area contributed by atoms with E-state index in [4.69, 9.17) is 14.6 Å². The maximum absolute atomic E-state index is 11.8. The molecule has 0 aromatic rings. The summed E-state index contributed by atoms with van der Waals surface area (Å²) in [6.07, 6.45) is 0.371. The predicted octanol–water partition coefficient (Wildman–Crippen LogP) is 2.30. The van der Waals surface area contributed by atoms with Crippen LogP contribution in [0.4, 0.5) is 9.59 Å². The summed E-state index contributed by atoms with van der Waals surface area (Å²) in [5.74, 6) is -1.93. The number of aliphatic carboxylic acids is 1. The van der Waals surface area contributed by atoms with Gasteiger partial charge in [0.1, 0.15) is 28.7 Å². The summed E-state index contributed by atoms with van der Waals surface area (Å²) < 4.78 is 14.5. The van der Waals surface area contributed by atoms with E-state index in [-0.39, 0.29) is 12.2 Å². The number of esters is 1. The first-order valence-electron chi connectivity index (χ1n) is 10.3. The number of hydrogen-bond donors (Lipinski definition) is 3. The first-order valence-corrected chi connectivity index (χ1v) is 10.3. The first kappa shape index (κ1) is 27.2. The lowest BCUT2D eigenvalue weighted by Crippen LogP contribution is -2.46. The van der Waals surface area contributed by atoms with Crippen molar-refractivity contribution in [3.05, 3.63) is 0 Å². The molecule has 0 heterocycles. The third-order valence-electron chi connectivity index (χ3n) is 4.46. The minimum atomic E-state index is -1.07. The van der Waals surface area contributed by atoms with Crippen LogP contribution in [0.1, 0.15) is 73.6 Å². The van der Waals surface area contributed by atoms with Crippen molar-refractivity contribution < 1.29 is 43.3 Å². The summed E-state index contributed by atoms with van der Waals surface area (Å²) in [7, 11) is 1.22. The molecule has 0 atom stereocenters. The molecule has 2 fully saturated rings. The molecule has 0 aliphatic heterocycles. The molecule has 0 unspecified atom stereocenters. The molecule has 2 rings (SSSR count). The Morgan fingerprint density at radius 3 is 1.44 bits per heavy atom. The van der Waals surface area contributed by atoms with Crippen LogP contribution in [0.15, 0.2) is 0 Å². The van der Waals surface area contributed by atoms with E-state index in [1.807, 2.05) is 0 Å². The van der Waals surface area contributed by atoms with Gasteiger partial charge in [0, 0.05) is 0 Å². The van der Waals surface area contributed by atoms with Crippen molar-refractivity contribution in [2.75, 3.05) is 7.11 Å². The summed E-state index contributed by atoms with van der Waals surface area (Å²) in [5, 5.41) is 13.7. The number of carbonyl (C=O) groups excluding carboxylic acids is 4. The lowest BCUT2D eigenvalue weighted by Gasteiger charge is -2.22. The van der Waals surface area contributed by atoms with Crippen LogP contribution in [0, 0.1) is 0 Å². The normalized spacial score (nSPS) is 17.5. The number of ketones is 1. The summed E-state index contributed by atoms with van der Waals surface area (Å²) >= 11 is 0. The predicted molar refractivity (Wildman–Crippen MR) is 112 cm³/mol. The SMILES string of the molecule is CC(C)(C)OC(=O)NC1(C(=O)O)CC1.COC(=O)CC(=O)C1(NC(=O)OC(C)(C)C)CC1. The van der Waals surface area contributed by atoms with Gasteiger partial charge in [0.25, 0.3) is 0 Å². The summed E-state index contributed by atoms with van der Waals surface area (Å²) in [6.45, 7) is 10.4. The highest BCUT2D eigenvalue weighted by Gasteiger charge is 2.53. The van der Waals surface area contributed by atoms with E-state index in [0.717, 1.165) is 0 Å². The van der Waals surface area contributed by atoms with Gasteiger partial charge in [-0.25, -0.2) is 14.4 Å². The highest BCUT2D eigenvalue weighted by atomic mass is 16.6.